The summed E-state index contributed by atoms with van der Waals surface area (Å²) in [4.78, 5) is 4.38. The lowest BCUT2D eigenvalue weighted by molar-refractivity contribution is 1.16. The van der Waals surface area contributed by atoms with Gasteiger partial charge in [0.1, 0.15) is 11.9 Å². The molecule has 0 aliphatic heterocycles. The molecule has 96 valence electrons. The number of aromatic nitrogens is 1. The van der Waals surface area contributed by atoms with Gasteiger partial charge in [-0.1, -0.05) is 11.6 Å². The molecule has 0 saturated carbocycles. The van der Waals surface area contributed by atoms with E-state index in [0.29, 0.717) is 16.4 Å². The average molecular weight is 337 g/mol. The molecular formula is C14H11BrClN3. The van der Waals surface area contributed by atoms with Gasteiger partial charge in [0.05, 0.1) is 11.3 Å². The molecule has 0 saturated heterocycles. The van der Waals surface area contributed by atoms with E-state index in [0.717, 1.165) is 21.4 Å². The topological polar surface area (TPSA) is 48.7 Å². The van der Waals surface area contributed by atoms with E-state index in [1.54, 1.807) is 12.1 Å². The van der Waals surface area contributed by atoms with E-state index < -0.39 is 0 Å². The van der Waals surface area contributed by atoms with Crippen molar-refractivity contribution < 1.29 is 0 Å². The fourth-order valence-electron chi connectivity index (χ4n) is 1.79. The predicted octanol–water partition coefficient (Wildman–Crippen LogP) is 4.73. The average Bonchev–Trinajstić information content (AvgIpc) is 2.32. The van der Waals surface area contributed by atoms with Crippen LogP contribution in [-0.2, 0) is 0 Å². The van der Waals surface area contributed by atoms with Crippen LogP contribution in [0.4, 0.5) is 11.5 Å². The quantitative estimate of drug-likeness (QED) is 0.862. The first kappa shape index (κ1) is 13.9. The van der Waals surface area contributed by atoms with Crippen molar-refractivity contribution in [1.82, 2.24) is 4.98 Å². The van der Waals surface area contributed by atoms with Gasteiger partial charge in [-0.25, -0.2) is 4.98 Å². The van der Waals surface area contributed by atoms with Crippen molar-refractivity contribution in [2.24, 2.45) is 0 Å². The van der Waals surface area contributed by atoms with Gasteiger partial charge in [-0.05, 0) is 59.6 Å². The second-order valence-electron chi connectivity index (χ2n) is 4.17. The lowest BCUT2D eigenvalue weighted by Crippen LogP contribution is -2.01. The van der Waals surface area contributed by atoms with Crippen molar-refractivity contribution >= 4 is 39.0 Å². The molecule has 2 aromatic rings. The van der Waals surface area contributed by atoms with E-state index in [9.17, 15) is 5.26 Å². The number of hydrogen-bond donors (Lipinski definition) is 1. The third-order valence-corrected chi connectivity index (χ3v) is 3.53. The van der Waals surface area contributed by atoms with Crippen molar-refractivity contribution in [3.8, 4) is 6.07 Å². The zero-order valence-electron chi connectivity index (χ0n) is 10.5. The van der Waals surface area contributed by atoms with Gasteiger partial charge in [0.25, 0.3) is 0 Å². The van der Waals surface area contributed by atoms with Gasteiger partial charge in [0.15, 0.2) is 0 Å². The van der Waals surface area contributed by atoms with Crippen LogP contribution in [0.15, 0.2) is 28.7 Å². The highest BCUT2D eigenvalue weighted by Gasteiger charge is 2.10. The summed E-state index contributed by atoms with van der Waals surface area (Å²) < 4.78 is 0.824. The molecule has 5 heteroatoms. The SMILES string of the molecule is Cc1cc(C)c(C#N)c(Nc2ccc(Cl)cc2Br)n1. The van der Waals surface area contributed by atoms with Crippen LogP contribution < -0.4 is 5.32 Å². The van der Waals surface area contributed by atoms with Crippen molar-refractivity contribution in [3.05, 3.63) is 50.6 Å². The predicted molar refractivity (Wildman–Crippen MR) is 80.9 cm³/mol. The normalized spacial score (nSPS) is 10.1. The van der Waals surface area contributed by atoms with Crippen LogP contribution in [0.3, 0.4) is 0 Å². The Morgan fingerprint density at radius 2 is 2.05 bits per heavy atom. The molecule has 1 aromatic heterocycles. The molecule has 0 bridgehead atoms. The summed E-state index contributed by atoms with van der Waals surface area (Å²) in [6.07, 6.45) is 0. The minimum atomic E-state index is 0.549. The molecule has 0 aliphatic rings. The Hall–Kier alpha value is -1.57. The smallest absolute Gasteiger partial charge is 0.148 e. The lowest BCUT2D eigenvalue weighted by atomic mass is 10.1. The number of nitriles is 1. The monoisotopic (exact) mass is 335 g/mol. The maximum atomic E-state index is 9.22. The highest BCUT2D eigenvalue weighted by molar-refractivity contribution is 9.10. The first-order chi connectivity index (χ1) is 9.01. The van der Waals surface area contributed by atoms with E-state index in [1.807, 2.05) is 26.0 Å². The van der Waals surface area contributed by atoms with E-state index in [4.69, 9.17) is 11.6 Å². The summed E-state index contributed by atoms with van der Waals surface area (Å²) in [5, 5.41) is 13.0. The number of halogens is 2. The molecular weight excluding hydrogens is 326 g/mol. The second-order valence-corrected chi connectivity index (χ2v) is 5.46. The number of hydrogen-bond acceptors (Lipinski definition) is 3. The number of rotatable bonds is 2. The highest BCUT2D eigenvalue weighted by atomic mass is 79.9. The standard InChI is InChI=1S/C14H11BrClN3/c1-8-5-9(2)18-14(11(8)7-17)19-13-4-3-10(16)6-12(13)15/h3-6H,1-2H3,(H,18,19). The van der Waals surface area contributed by atoms with Gasteiger partial charge in [-0.3, -0.25) is 0 Å². The van der Waals surface area contributed by atoms with E-state index in [1.165, 1.54) is 0 Å². The van der Waals surface area contributed by atoms with Crippen LogP contribution in [0.25, 0.3) is 0 Å². The summed E-state index contributed by atoms with van der Waals surface area (Å²) >= 11 is 9.33. The number of nitrogens with one attached hydrogen (secondary N) is 1. The first-order valence-electron chi connectivity index (χ1n) is 5.61. The molecule has 19 heavy (non-hydrogen) atoms. The number of benzene rings is 1. The molecule has 3 nitrogen and oxygen atoms in total. The second kappa shape index (κ2) is 5.60. The molecule has 0 aliphatic carbocycles. The highest BCUT2D eigenvalue weighted by Crippen LogP contribution is 2.29. The minimum Gasteiger partial charge on any atom is -0.338 e. The Kier molecular flexibility index (Phi) is 4.08. The molecule has 1 aromatic carbocycles. The molecule has 1 N–H and O–H groups in total. The number of anilines is 2. The Balaban J connectivity index is 2.46. The number of nitrogens with zero attached hydrogens (tertiary/aromatic N) is 2. The van der Waals surface area contributed by atoms with Crippen molar-refractivity contribution in [1.29, 1.82) is 5.26 Å². The van der Waals surface area contributed by atoms with Gasteiger partial charge in [0, 0.05) is 15.2 Å². The van der Waals surface area contributed by atoms with Gasteiger partial charge in [-0.2, -0.15) is 5.26 Å². The van der Waals surface area contributed by atoms with E-state index in [-0.39, 0.29) is 0 Å². The minimum absolute atomic E-state index is 0.549. The summed E-state index contributed by atoms with van der Waals surface area (Å²) in [5.41, 5.74) is 3.14. The Morgan fingerprint density at radius 1 is 1.32 bits per heavy atom. The van der Waals surface area contributed by atoms with Crippen LogP contribution in [0.2, 0.25) is 5.02 Å². The van der Waals surface area contributed by atoms with Gasteiger partial charge in [0.2, 0.25) is 0 Å². The lowest BCUT2D eigenvalue weighted by Gasteiger charge is -2.11. The fraction of sp³-hybridized carbons (Fsp3) is 0.143. The zero-order valence-corrected chi connectivity index (χ0v) is 12.8. The number of pyridine rings is 1. The molecule has 2 rings (SSSR count). The van der Waals surface area contributed by atoms with Gasteiger partial charge in [-0.15, -0.1) is 0 Å². The summed E-state index contributed by atoms with van der Waals surface area (Å²) in [6.45, 7) is 3.80. The third-order valence-electron chi connectivity index (χ3n) is 2.64. The van der Waals surface area contributed by atoms with Crippen LogP contribution in [-0.4, -0.2) is 4.98 Å². The van der Waals surface area contributed by atoms with E-state index in [2.05, 4.69) is 32.3 Å². The van der Waals surface area contributed by atoms with Crippen molar-refractivity contribution in [2.75, 3.05) is 5.32 Å². The summed E-state index contributed by atoms with van der Waals surface area (Å²) in [7, 11) is 0. The summed E-state index contributed by atoms with van der Waals surface area (Å²) in [5.74, 6) is 0.558. The fourth-order valence-corrected chi connectivity index (χ4v) is 2.57. The molecule has 0 spiro atoms. The molecule has 0 atom stereocenters. The molecule has 0 fully saturated rings. The summed E-state index contributed by atoms with van der Waals surface area (Å²) in [6, 6.07) is 9.48. The number of aryl methyl sites for hydroxylation is 2. The van der Waals surface area contributed by atoms with Crippen molar-refractivity contribution in [2.45, 2.75) is 13.8 Å². The Labute approximate surface area is 125 Å². The van der Waals surface area contributed by atoms with Crippen LogP contribution >= 0.6 is 27.5 Å². The third kappa shape index (κ3) is 3.06. The Bertz CT molecular complexity index is 677. The molecule has 0 amide bonds. The van der Waals surface area contributed by atoms with Crippen molar-refractivity contribution in [3.63, 3.8) is 0 Å². The zero-order chi connectivity index (χ0) is 14.0. The Morgan fingerprint density at radius 3 is 2.68 bits per heavy atom. The van der Waals surface area contributed by atoms with Gasteiger partial charge < -0.3 is 5.32 Å². The largest absolute Gasteiger partial charge is 0.338 e. The van der Waals surface area contributed by atoms with Gasteiger partial charge >= 0.3 is 0 Å². The molecule has 0 unspecified atom stereocenters. The maximum Gasteiger partial charge on any atom is 0.148 e. The first-order valence-corrected chi connectivity index (χ1v) is 6.79. The maximum absolute atomic E-state index is 9.22. The molecule has 0 radical (unpaired) electrons. The molecule has 1 heterocycles. The van der Waals surface area contributed by atoms with Crippen LogP contribution in [0.1, 0.15) is 16.8 Å². The van der Waals surface area contributed by atoms with Crippen LogP contribution in [0.5, 0.6) is 0 Å². The van der Waals surface area contributed by atoms with E-state index >= 15 is 0 Å². The van der Waals surface area contributed by atoms with Crippen LogP contribution in [0, 0.1) is 25.2 Å².